The Morgan fingerprint density at radius 3 is 2.38 bits per heavy atom. The standard InChI is InChI=1S/C16H34N4.HI/c1-6-8-12-19(5)16(17-7-2)18-11-13-20(14(3)4)15-9-10-15;/h14-15H,6-13H2,1-5H3,(H,17,18);1H. The van der Waals surface area contributed by atoms with Gasteiger partial charge in [0, 0.05) is 38.8 Å². The van der Waals surface area contributed by atoms with Gasteiger partial charge in [0.25, 0.3) is 0 Å². The maximum atomic E-state index is 4.79. The molecule has 0 saturated heterocycles. The molecule has 1 aliphatic carbocycles. The second-order valence-electron chi connectivity index (χ2n) is 6.07. The minimum absolute atomic E-state index is 0. The van der Waals surface area contributed by atoms with Crippen molar-refractivity contribution in [2.24, 2.45) is 4.99 Å². The molecule has 0 radical (unpaired) electrons. The van der Waals surface area contributed by atoms with Crippen LogP contribution in [0, 0.1) is 0 Å². The number of nitrogens with one attached hydrogen (secondary N) is 1. The topological polar surface area (TPSA) is 30.9 Å². The molecule has 5 heteroatoms. The van der Waals surface area contributed by atoms with E-state index < -0.39 is 0 Å². The predicted octanol–water partition coefficient (Wildman–Crippen LogP) is 3.17. The van der Waals surface area contributed by atoms with Crippen LogP contribution < -0.4 is 5.32 Å². The number of hydrogen-bond acceptors (Lipinski definition) is 2. The minimum Gasteiger partial charge on any atom is -0.357 e. The fourth-order valence-corrected chi connectivity index (χ4v) is 2.51. The SMILES string of the molecule is CCCCN(C)C(=NCCN(C(C)C)C1CC1)NCC.I. The molecule has 0 aliphatic heterocycles. The van der Waals surface area contributed by atoms with E-state index in [4.69, 9.17) is 4.99 Å². The molecule has 126 valence electrons. The van der Waals surface area contributed by atoms with Crippen molar-refractivity contribution in [2.75, 3.05) is 33.2 Å². The van der Waals surface area contributed by atoms with Gasteiger partial charge in [0.15, 0.2) is 5.96 Å². The number of unbranched alkanes of at least 4 members (excludes halogenated alkanes) is 1. The van der Waals surface area contributed by atoms with E-state index in [0.29, 0.717) is 6.04 Å². The molecule has 0 bridgehead atoms. The lowest BCUT2D eigenvalue weighted by atomic mass is 10.3. The van der Waals surface area contributed by atoms with E-state index in [2.05, 4.69) is 49.9 Å². The molecular weight excluding hydrogens is 375 g/mol. The van der Waals surface area contributed by atoms with E-state index in [1.807, 2.05) is 0 Å². The molecule has 0 aromatic heterocycles. The fraction of sp³-hybridized carbons (Fsp3) is 0.938. The lowest BCUT2D eigenvalue weighted by Crippen LogP contribution is -2.40. The molecule has 0 unspecified atom stereocenters. The van der Waals surface area contributed by atoms with Gasteiger partial charge < -0.3 is 10.2 Å². The highest BCUT2D eigenvalue weighted by molar-refractivity contribution is 14.0. The van der Waals surface area contributed by atoms with Gasteiger partial charge in [-0.2, -0.15) is 0 Å². The van der Waals surface area contributed by atoms with Gasteiger partial charge in [-0.05, 0) is 40.0 Å². The molecular formula is C16H35IN4. The summed E-state index contributed by atoms with van der Waals surface area (Å²) in [7, 11) is 2.14. The third-order valence-electron chi connectivity index (χ3n) is 3.84. The van der Waals surface area contributed by atoms with Gasteiger partial charge in [-0.15, -0.1) is 24.0 Å². The van der Waals surface area contributed by atoms with Gasteiger partial charge in [-0.1, -0.05) is 13.3 Å². The normalized spacial score (nSPS) is 15.3. The van der Waals surface area contributed by atoms with Crippen LogP contribution in [0.4, 0.5) is 0 Å². The molecule has 1 saturated carbocycles. The highest BCUT2D eigenvalue weighted by atomic mass is 127. The third kappa shape index (κ3) is 8.24. The van der Waals surface area contributed by atoms with Crippen LogP contribution >= 0.6 is 24.0 Å². The van der Waals surface area contributed by atoms with Gasteiger partial charge in [0.1, 0.15) is 0 Å². The zero-order chi connectivity index (χ0) is 15.0. The van der Waals surface area contributed by atoms with Crippen LogP contribution in [0.2, 0.25) is 0 Å². The summed E-state index contributed by atoms with van der Waals surface area (Å²) >= 11 is 0. The van der Waals surface area contributed by atoms with Gasteiger partial charge in [-0.3, -0.25) is 9.89 Å². The summed E-state index contributed by atoms with van der Waals surface area (Å²) in [5, 5.41) is 3.40. The molecule has 0 atom stereocenters. The molecule has 1 aliphatic rings. The number of rotatable bonds is 9. The van der Waals surface area contributed by atoms with Crippen LogP contribution in [0.15, 0.2) is 4.99 Å². The third-order valence-corrected chi connectivity index (χ3v) is 3.84. The number of hydrogen-bond donors (Lipinski definition) is 1. The van der Waals surface area contributed by atoms with E-state index in [0.717, 1.165) is 38.2 Å². The number of aliphatic imine (C=N–C) groups is 1. The van der Waals surface area contributed by atoms with Gasteiger partial charge in [-0.25, -0.2) is 0 Å². The van der Waals surface area contributed by atoms with Crippen LogP contribution in [-0.4, -0.2) is 61.1 Å². The molecule has 4 nitrogen and oxygen atoms in total. The molecule has 0 spiro atoms. The maximum absolute atomic E-state index is 4.79. The second-order valence-corrected chi connectivity index (χ2v) is 6.07. The molecule has 1 fully saturated rings. The summed E-state index contributed by atoms with van der Waals surface area (Å²) in [4.78, 5) is 9.64. The molecule has 1 N–H and O–H groups in total. The van der Waals surface area contributed by atoms with Crippen molar-refractivity contribution in [2.45, 2.75) is 65.5 Å². The average molecular weight is 410 g/mol. The van der Waals surface area contributed by atoms with Crippen LogP contribution in [0.5, 0.6) is 0 Å². The van der Waals surface area contributed by atoms with E-state index in [-0.39, 0.29) is 24.0 Å². The van der Waals surface area contributed by atoms with Gasteiger partial charge in [0.2, 0.25) is 0 Å². The first-order valence-electron chi connectivity index (χ1n) is 8.35. The summed E-state index contributed by atoms with van der Waals surface area (Å²) in [5.41, 5.74) is 0. The molecule has 0 amide bonds. The highest BCUT2D eigenvalue weighted by Crippen LogP contribution is 2.28. The summed E-state index contributed by atoms with van der Waals surface area (Å²) < 4.78 is 0. The Balaban J connectivity index is 0.00000400. The van der Waals surface area contributed by atoms with E-state index in [9.17, 15) is 0 Å². The Hall–Kier alpha value is -0.0400. The Bertz CT molecular complexity index is 288. The zero-order valence-corrected chi connectivity index (χ0v) is 16.9. The highest BCUT2D eigenvalue weighted by Gasteiger charge is 2.30. The monoisotopic (exact) mass is 410 g/mol. The van der Waals surface area contributed by atoms with E-state index in [1.165, 1.54) is 25.7 Å². The predicted molar refractivity (Wildman–Crippen MR) is 104 cm³/mol. The van der Waals surface area contributed by atoms with Crippen LogP contribution in [0.1, 0.15) is 53.4 Å². The van der Waals surface area contributed by atoms with Crippen LogP contribution in [0.3, 0.4) is 0 Å². The van der Waals surface area contributed by atoms with E-state index >= 15 is 0 Å². The van der Waals surface area contributed by atoms with Gasteiger partial charge in [0.05, 0.1) is 6.54 Å². The van der Waals surface area contributed by atoms with Crippen molar-refractivity contribution in [3.05, 3.63) is 0 Å². The first-order valence-corrected chi connectivity index (χ1v) is 8.35. The molecule has 0 heterocycles. The summed E-state index contributed by atoms with van der Waals surface area (Å²) in [6.07, 6.45) is 5.20. The summed E-state index contributed by atoms with van der Waals surface area (Å²) in [6, 6.07) is 1.46. The zero-order valence-electron chi connectivity index (χ0n) is 14.6. The summed E-state index contributed by atoms with van der Waals surface area (Å²) in [6.45, 7) is 12.9. The average Bonchev–Trinajstić information content (AvgIpc) is 3.23. The number of guanidine groups is 1. The Labute approximate surface area is 148 Å². The lowest BCUT2D eigenvalue weighted by Gasteiger charge is -2.26. The lowest BCUT2D eigenvalue weighted by molar-refractivity contribution is 0.217. The molecule has 0 aromatic rings. The van der Waals surface area contributed by atoms with Crippen molar-refractivity contribution in [3.63, 3.8) is 0 Å². The smallest absolute Gasteiger partial charge is 0.193 e. The molecule has 0 aromatic carbocycles. The van der Waals surface area contributed by atoms with Crippen molar-refractivity contribution < 1.29 is 0 Å². The molecule has 1 rings (SSSR count). The second kappa shape index (κ2) is 11.5. The van der Waals surface area contributed by atoms with E-state index in [1.54, 1.807) is 0 Å². The maximum Gasteiger partial charge on any atom is 0.193 e. The Morgan fingerprint density at radius 2 is 1.90 bits per heavy atom. The van der Waals surface area contributed by atoms with Crippen LogP contribution in [-0.2, 0) is 0 Å². The number of halogens is 1. The largest absolute Gasteiger partial charge is 0.357 e. The van der Waals surface area contributed by atoms with Gasteiger partial charge >= 0.3 is 0 Å². The number of nitrogens with zero attached hydrogens (tertiary/aromatic N) is 3. The summed E-state index contributed by atoms with van der Waals surface area (Å²) in [5.74, 6) is 1.06. The van der Waals surface area contributed by atoms with Crippen molar-refractivity contribution >= 4 is 29.9 Å². The fourth-order valence-electron chi connectivity index (χ4n) is 2.51. The quantitative estimate of drug-likeness (QED) is 0.360. The first-order chi connectivity index (χ1) is 9.60. The molecule has 21 heavy (non-hydrogen) atoms. The Kier molecular flexibility index (Phi) is 11.5. The van der Waals surface area contributed by atoms with Crippen LogP contribution in [0.25, 0.3) is 0 Å². The van der Waals surface area contributed by atoms with Crippen molar-refractivity contribution in [3.8, 4) is 0 Å². The first kappa shape index (κ1) is 21.0. The van der Waals surface area contributed by atoms with Crippen molar-refractivity contribution in [1.82, 2.24) is 15.1 Å². The van der Waals surface area contributed by atoms with Crippen molar-refractivity contribution in [1.29, 1.82) is 0 Å². The minimum atomic E-state index is 0. The Morgan fingerprint density at radius 1 is 1.24 bits per heavy atom.